The molecule has 0 amide bonds. The molecule has 0 fully saturated rings. The van der Waals surface area contributed by atoms with Crippen molar-refractivity contribution in [3.63, 3.8) is 0 Å². The molecule has 90 valence electrons. The summed E-state index contributed by atoms with van der Waals surface area (Å²) in [5, 5.41) is 14.5. The lowest BCUT2D eigenvalue weighted by atomic mass is 10.00. The number of benzene rings is 1. The zero-order valence-corrected chi connectivity index (χ0v) is 10.3. The molecule has 1 unspecified atom stereocenters. The highest BCUT2D eigenvalue weighted by atomic mass is 16.4. The van der Waals surface area contributed by atoms with E-state index in [2.05, 4.69) is 5.10 Å². The summed E-state index contributed by atoms with van der Waals surface area (Å²) < 4.78 is 1.91. The van der Waals surface area contributed by atoms with Crippen molar-refractivity contribution in [1.29, 1.82) is 0 Å². The van der Waals surface area contributed by atoms with Gasteiger partial charge in [0.15, 0.2) is 0 Å². The summed E-state index contributed by atoms with van der Waals surface area (Å²) in [6.07, 6.45) is 0. The van der Waals surface area contributed by atoms with Gasteiger partial charge in [-0.05, 0) is 32.4 Å². The summed E-state index contributed by atoms with van der Waals surface area (Å²) in [7, 11) is 0. The fourth-order valence-corrected chi connectivity index (χ4v) is 2.01. The quantitative estimate of drug-likeness (QED) is 0.884. The molecule has 17 heavy (non-hydrogen) atoms. The Morgan fingerprint density at radius 1 is 1.53 bits per heavy atom. The predicted molar refractivity (Wildman–Crippen MR) is 66.2 cm³/mol. The van der Waals surface area contributed by atoms with Gasteiger partial charge in [-0.1, -0.05) is 12.1 Å². The van der Waals surface area contributed by atoms with Gasteiger partial charge in [-0.3, -0.25) is 9.48 Å². The van der Waals surface area contributed by atoms with Crippen molar-refractivity contribution in [2.45, 2.75) is 33.2 Å². The second-order valence-electron chi connectivity index (χ2n) is 4.24. The van der Waals surface area contributed by atoms with Crippen LogP contribution in [0.1, 0.15) is 31.0 Å². The molecule has 0 aliphatic rings. The first-order valence-electron chi connectivity index (χ1n) is 5.74. The minimum atomic E-state index is -0.802. The van der Waals surface area contributed by atoms with Crippen LogP contribution < -0.4 is 0 Å². The first kappa shape index (κ1) is 11.6. The Kier molecular flexibility index (Phi) is 2.88. The Morgan fingerprint density at radius 3 is 2.82 bits per heavy atom. The van der Waals surface area contributed by atoms with Crippen molar-refractivity contribution >= 4 is 16.9 Å². The number of carboxylic acids is 1. The molecule has 0 saturated carbocycles. The van der Waals surface area contributed by atoms with Gasteiger partial charge in [0, 0.05) is 11.9 Å². The van der Waals surface area contributed by atoms with Crippen molar-refractivity contribution in [3.8, 4) is 0 Å². The van der Waals surface area contributed by atoms with E-state index in [1.165, 1.54) is 0 Å². The molecule has 0 saturated heterocycles. The molecule has 0 aliphatic carbocycles. The average molecular weight is 232 g/mol. The molecule has 0 radical (unpaired) electrons. The predicted octanol–water partition coefficient (Wildman–Crippen LogP) is 2.55. The summed E-state index contributed by atoms with van der Waals surface area (Å²) in [4.78, 5) is 11.0. The first-order valence-corrected chi connectivity index (χ1v) is 5.74. The van der Waals surface area contributed by atoms with Gasteiger partial charge < -0.3 is 5.11 Å². The van der Waals surface area contributed by atoms with Crippen LogP contribution in [0.15, 0.2) is 18.2 Å². The maximum Gasteiger partial charge on any atom is 0.310 e. The Balaban J connectivity index is 2.60. The first-order chi connectivity index (χ1) is 8.04. The molecule has 0 bridgehead atoms. The maximum absolute atomic E-state index is 11.0. The molecule has 2 rings (SSSR count). The Labute approximate surface area is 99.9 Å². The van der Waals surface area contributed by atoms with E-state index in [9.17, 15) is 4.79 Å². The summed E-state index contributed by atoms with van der Waals surface area (Å²) in [5.74, 6) is -1.29. The number of aliphatic carboxylic acids is 1. The molecular weight excluding hydrogens is 216 g/mol. The normalized spacial score (nSPS) is 12.9. The standard InChI is InChI=1S/C13H16N2O2/c1-4-15-12-7-10(8(2)13(16)17)5-6-11(12)9(3)14-15/h5-8H,4H2,1-3H3,(H,16,17). The van der Waals surface area contributed by atoms with Crippen LogP contribution in [-0.2, 0) is 11.3 Å². The van der Waals surface area contributed by atoms with Crippen molar-refractivity contribution < 1.29 is 9.90 Å². The van der Waals surface area contributed by atoms with E-state index in [0.717, 1.165) is 28.7 Å². The second-order valence-corrected chi connectivity index (χ2v) is 4.24. The van der Waals surface area contributed by atoms with Crippen molar-refractivity contribution in [2.24, 2.45) is 0 Å². The molecule has 1 aromatic heterocycles. The van der Waals surface area contributed by atoms with Crippen LogP contribution in [0.3, 0.4) is 0 Å². The fourth-order valence-electron chi connectivity index (χ4n) is 2.01. The van der Waals surface area contributed by atoms with Crippen LogP contribution in [0.5, 0.6) is 0 Å². The average Bonchev–Trinajstić information content (AvgIpc) is 2.64. The smallest absolute Gasteiger partial charge is 0.310 e. The van der Waals surface area contributed by atoms with E-state index in [1.54, 1.807) is 6.92 Å². The number of aromatic nitrogens is 2. The molecule has 4 nitrogen and oxygen atoms in total. The molecule has 2 aromatic rings. The van der Waals surface area contributed by atoms with Crippen LogP contribution in [0.4, 0.5) is 0 Å². The number of carboxylic acid groups (broad SMARTS) is 1. The number of rotatable bonds is 3. The van der Waals surface area contributed by atoms with Crippen LogP contribution in [0.25, 0.3) is 10.9 Å². The van der Waals surface area contributed by atoms with Crippen LogP contribution in [-0.4, -0.2) is 20.9 Å². The lowest BCUT2D eigenvalue weighted by molar-refractivity contribution is -0.138. The SMILES string of the molecule is CCn1nc(C)c2ccc(C(C)C(=O)O)cc21. The molecule has 4 heteroatoms. The van der Waals surface area contributed by atoms with E-state index in [4.69, 9.17) is 5.11 Å². The number of aryl methyl sites for hydroxylation is 2. The lowest BCUT2D eigenvalue weighted by Gasteiger charge is -2.07. The van der Waals surface area contributed by atoms with E-state index in [-0.39, 0.29) is 0 Å². The molecule has 0 spiro atoms. The van der Waals surface area contributed by atoms with Gasteiger partial charge in [0.25, 0.3) is 0 Å². The fraction of sp³-hybridized carbons (Fsp3) is 0.385. The van der Waals surface area contributed by atoms with Crippen LogP contribution in [0, 0.1) is 6.92 Å². The number of hydrogen-bond donors (Lipinski definition) is 1. The highest BCUT2D eigenvalue weighted by Gasteiger charge is 2.15. The van der Waals surface area contributed by atoms with Crippen molar-refractivity contribution in [2.75, 3.05) is 0 Å². The molecule has 0 aliphatic heterocycles. The van der Waals surface area contributed by atoms with E-state index in [1.807, 2.05) is 36.7 Å². The van der Waals surface area contributed by atoms with Gasteiger partial charge in [0.2, 0.25) is 0 Å². The molecule has 1 aromatic carbocycles. The van der Waals surface area contributed by atoms with Gasteiger partial charge in [0.1, 0.15) is 0 Å². The number of hydrogen-bond acceptors (Lipinski definition) is 2. The zero-order valence-electron chi connectivity index (χ0n) is 10.3. The van der Waals surface area contributed by atoms with Crippen molar-refractivity contribution in [3.05, 3.63) is 29.5 Å². The number of carbonyl (C=O) groups is 1. The lowest BCUT2D eigenvalue weighted by Crippen LogP contribution is -2.07. The molecule has 1 N–H and O–H groups in total. The monoisotopic (exact) mass is 232 g/mol. The van der Waals surface area contributed by atoms with Gasteiger partial charge in [-0.15, -0.1) is 0 Å². The van der Waals surface area contributed by atoms with Gasteiger partial charge in [-0.25, -0.2) is 0 Å². The van der Waals surface area contributed by atoms with Crippen molar-refractivity contribution in [1.82, 2.24) is 9.78 Å². The molecular formula is C13H16N2O2. The third-order valence-electron chi connectivity index (χ3n) is 3.13. The molecule has 1 atom stereocenters. The minimum Gasteiger partial charge on any atom is -0.481 e. The maximum atomic E-state index is 11.0. The number of fused-ring (bicyclic) bond motifs is 1. The summed E-state index contributed by atoms with van der Waals surface area (Å²) >= 11 is 0. The topological polar surface area (TPSA) is 55.1 Å². The second kappa shape index (κ2) is 4.20. The molecule has 1 heterocycles. The highest BCUT2D eigenvalue weighted by Crippen LogP contribution is 2.24. The van der Waals surface area contributed by atoms with Gasteiger partial charge in [-0.2, -0.15) is 5.10 Å². The van der Waals surface area contributed by atoms with E-state index in [0.29, 0.717) is 0 Å². The summed E-state index contributed by atoms with van der Waals surface area (Å²) in [6, 6.07) is 5.76. The minimum absolute atomic E-state index is 0.486. The Hall–Kier alpha value is -1.84. The van der Waals surface area contributed by atoms with Crippen LogP contribution in [0.2, 0.25) is 0 Å². The highest BCUT2D eigenvalue weighted by molar-refractivity contribution is 5.84. The number of nitrogens with zero attached hydrogens (tertiary/aromatic N) is 2. The zero-order chi connectivity index (χ0) is 12.6. The van der Waals surface area contributed by atoms with Gasteiger partial charge in [0.05, 0.1) is 17.1 Å². The van der Waals surface area contributed by atoms with Crippen LogP contribution >= 0.6 is 0 Å². The van der Waals surface area contributed by atoms with E-state index >= 15 is 0 Å². The Morgan fingerprint density at radius 2 is 2.24 bits per heavy atom. The summed E-state index contributed by atoms with van der Waals surface area (Å²) in [6.45, 7) is 6.48. The van der Waals surface area contributed by atoms with Gasteiger partial charge >= 0.3 is 5.97 Å². The van der Waals surface area contributed by atoms with E-state index < -0.39 is 11.9 Å². The summed E-state index contributed by atoms with van der Waals surface area (Å²) in [5.41, 5.74) is 2.81. The third kappa shape index (κ3) is 1.90. The third-order valence-corrected chi connectivity index (χ3v) is 3.13. The Bertz CT molecular complexity index is 572. The largest absolute Gasteiger partial charge is 0.481 e.